The van der Waals surface area contributed by atoms with Gasteiger partial charge in [0.05, 0.1) is 11.0 Å². The van der Waals surface area contributed by atoms with Crippen LogP contribution >= 0.6 is 28.1 Å². The van der Waals surface area contributed by atoms with Gasteiger partial charge in [-0.15, -0.1) is 0 Å². The molecule has 0 spiro atoms. The summed E-state index contributed by atoms with van der Waals surface area (Å²) < 4.78 is 1.09. The molecule has 1 fully saturated rings. The molecular weight excluding hydrogens is 454 g/mol. The minimum atomic E-state index is -0.670. The molecule has 0 unspecified atom stereocenters. The van der Waals surface area contributed by atoms with Crippen LogP contribution in [0.3, 0.4) is 0 Å². The lowest BCUT2D eigenvalue weighted by Crippen LogP contribution is -2.50. The van der Waals surface area contributed by atoms with E-state index in [1.54, 1.807) is 12.1 Å². The second-order valence-corrected chi connectivity index (χ2v) is 8.31. The van der Waals surface area contributed by atoms with Gasteiger partial charge in [-0.25, -0.2) is 0 Å². The number of rotatable bonds is 2. The number of halogens is 1. The number of anilines is 2. The Labute approximate surface area is 180 Å². The van der Waals surface area contributed by atoms with Crippen LogP contribution in [0.4, 0.5) is 11.4 Å². The first kappa shape index (κ1) is 19.7. The molecule has 3 aromatic rings. The van der Waals surface area contributed by atoms with Gasteiger partial charge < -0.3 is 25.1 Å². The SMILES string of the molecule is Cc1cc(Br)ccc1N1CCN(C(=S)Nc2ccc3[nH]c(=O)c(=O)[nH]c3c2)CC1. The predicted octanol–water partition coefficient (Wildman–Crippen LogP) is 2.81. The van der Waals surface area contributed by atoms with Crippen LogP contribution in [0.2, 0.25) is 0 Å². The van der Waals surface area contributed by atoms with Crippen molar-refractivity contribution in [3.63, 3.8) is 0 Å². The zero-order chi connectivity index (χ0) is 20.5. The Kier molecular flexibility index (Phi) is 5.42. The molecular formula is C20H20BrN5O2S. The first-order valence-electron chi connectivity index (χ1n) is 9.24. The molecule has 29 heavy (non-hydrogen) atoms. The van der Waals surface area contributed by atoms with Gasteiger partial charge in [0.15, 0.2) is 5.11 Å². The molecule has 0 aliphatic carbocycles. The quantitative estimate of drug-likeness (QED) is 0.392. The summed E-state index contributed by atoms with van der Waals surface area (Å²) in [6.07, 6.45) is 0. The smallest absolute Gasteiger partial charge is 0.314 e. The monoisotopic (exact) mass is 473 g/mol. The van der Waals surface area contributed by atoms with E-state index in [0.29, 0.717) is 16.1 Å². The first-order valence-corrected chi connectivity index (χ1v) is 10.4. The van der Waals surface area contributed by atoms with Gasteiger partial charge in [-0.05, 0) is 61.1 Å². The van der Waals surface area contributed by atoms with E-state index in [-0.39, 0.29) is 0 Å². The van der Waals surface area contributed by atoms with Crippen LogP contribution < -0.4 is 21.3 Å². The number of fused-ring (bicyclic) bond motifs is 1. The standard InChI is InChI=1S/C20H20BrN5O2S/c1-12-10-13(21)2-5-17(12)25-6-8-26(9-7-25)20(29)22-14-3-4-15-16(11-14)24-19(28)18(27)23-15/h2-5,10-11H,6-9H2,1H3,(H,22,29)(H,23,27)(H,24,28). The molecule has 0 amide bonds. The first-order chi connectivity index (χ1) is 13.9. The van der Waals surface area contributed by atoms with E-state index in [4.69, 9.17) is 12.2 Å². The Morgan fingerprint density at radius 2 is 1.69 bits per heavy atom. The number of benzene rings is 2. The lowest BCUT2D eigenvalue weighted by molar-refractivity contribution is 0.390. The molecule has 0 bridgehead atoms. The molecule has 3 N–H and O–H groups in total. The Morgan fingerprint density at radius 1 is 1.00 bits per heavy atom. The van der Waals surface area contributed by atoms with Crippen molar-refractivity contribution in [2.45, 2.75) is 6.92 Å². The lowest BCUT2D eigenvalue weighted by atomic mass is 10.1. The van der Waals surface area contributed by atoms with Crippen LogP contribution in [0.15, 0.2) is 50.5 Å². The highest BCUT2D eigenvalue weighted by Gasteiger charge is 2.20. The summed E-state index contributed by atoms with van der Waals surface area (Å²) >= 11 is 9.10. The fourth-order valence-electron chi connectivity index (χ4n) is 3.52. The van der Waals surface area contributed by atoms with E-state index >= 15 is 0 Å². The van der Waals surface area contributed by atoms with E-state index in [9.17, 15) is 9.59 Å². The van der Waals surface area contributed by atoms with Crippen molar-refractivity contribution >= 4 is 55.7 Å². The van der Waals surface area contributed by atoms with Gasteiger partial charge in [-0.2, -0.15) is 0 Å². The van der Waals surface area contributed by atoms with E-state index < -0.39 is 11.1 Å². The maximum atomic E-state index is 11.5. The summed E-state index contributed by atoms with van der Waals surface area (Å²) in [5.74, 6) is 0. The predicted molar refractivity (Wildman–Crippen MR) is 124 cm³/mol. The van der Waals surface area contributed by atoms with Crippen LogP contribution in [0.5, 0.6) is 0 Å². The minimum Gasteiger partial charge on any atom is -0.368 e. The number of aromatic nitrogens is 2. The van der Waals surface area contributed by atoms with E-state index in [1.807, 2.05) is 6.07 Å². The molecule has 2 aromatic carbocycles. The molecule has 1 aromatic heterocycles. The lowest BCUT2D eigenvalue weighted by Gasteiger charge is -2.38. The van der Waals surface area contributed by atoms with Crippen molar-refractivity contribution in [3.05, 3.63) is 67.1 Å². The maximum absolute atomic E-state index is 11.5. The van der Waals surface area contributed by atoms with Crippen molar-refractivity contribution < 1.29 is 0 Å². The largest absolute Gasteiger partial charge is 0.368 e. The van der Waals surface area contributed by atoms with Gasteiger partial charge >= 0.3 is 11.1 Å². The van der Waals surface area contributed by atoms with Gasteiger partial charge in [0, 0.05) is 42.0 Å². The normalized spacial score (nSPS) is 14.3. The molecule has 0 radical (unpaired) electrons. The molecule has 4 rings (SSSR count). The second kappa shape index (κ2) is 8.00. The fraction of sp³-hybridized carbons (Fsp3) is 0.250. The Balaban J connectivity index is 1.42. The van der Waals surface area contributed by atoms with E-state index in [2.05, 4.69) is 66.1 Å². The minimum absolute atomic E-state index is 0.554. The molecule has 9 heteroatoms. The number of nitrogens with one attached hydrogen (secondary N) is 3. The average molecular weight is 474 g/mol. The van der Waals surface area contributed by atoms with Crippen molar-refractivity contribution in [2.75, 3.05) is 36.4 Å². The molecule has 150 valence electrons. The summed E-state index contributed by atoms with van der Waals surface area (Å²) in [5.41, 5.74) is 3.05. The number of aromatic amines is 2. The highest BCUT2D eigenvalue weighted by atomic mass is 79.9. The average Bonchev–Trinajstić information content (AvgIpc) is 2.69. The Hall–Kier alpha value is -2.65. The molecule has 0 atom stereocenters. The number of hydrogen-bond acceptors (Lipinski definition) is 4. The van der Waals surface area contributed by atoms with Gasteiger partial charge in [-0.1, -0.05) is 15.9 Å². The number of H-pyrrole nitrogens is 2. The fourth-order valence-corrected chi connectivity index (χ4v) is 4.30. The Bertz CT molecular complexity index is 1200. The summed E-state index contributed by atoms with van der Waals surface area (Å²) in [7, 11) is 0. The second-order valence-electron chi connectivity index (χ2n) is 7.00. The summed E-state index contributed by atoms with van der Waals surface area (Å²) in [6, 6.07) is 11.7. The van der Waals surface area contributed by atoms with Gasteiger partial charge in [0.1, 0.15) is 0 Å². The van der Waals surface area contributed by atoms with Crippen molar-refractivity contribution in [3.8, 4) is 0 Å². The van der Waals surface area contributed by atoms with Crippen LogP contribution in [-0.2, 0) is 0 Å². The van der Waals surface area contributed by atoms with Crippen molar-refractivity contribution in [1.82, 2.24) is 14.9 Å². The van der Waals surface area contributed by atoms with Crippen LogP contribution in [0, 0.1) is 6.92 Å². The van der Waals surface area contributed by atoms with E-state index in [1.165, 1.54) is 11.3 Å². The van der Waals surface area contributed by atoms with Crippen LogP contribution in [0.1, 0.15) is 5.56 Å². The third-order valence-corrected chi connectivity index (χ3v) is 5.89. The third-order valence-electron chi connectivity index (χ3n) is 5.04. The molecule has 7 nitrogen and oxygen atoms in total. The molecule has 1 saturated heterocycles. The highest BCUT2D eigenvalue weighted by molar-refractivity contribution is 9.10. The Morgan fingerprint density at radius 3 is 2.38 bits per heavy atom. The highest BCUT2D eigenvalue weighted by Crippen LogP contribution is 2.25. The van der Waals surface area contributed by atoms with Gasteiger partial charge in [0.2, 0.25) is 0 Å². The van der Waals surface area contributed by atoms with E-state index in [0.717, 1.165) is 36.3 Å². The number of aryl methyl sites for hydroxylation is 1. The third kappa shape index (κ3) is 4.20. The van der Waals surface area contributed by atoms with Crippen LogP contribution in [0.25, 0.3) is 11.0 Å². The summed E-state index contributed by atoms with van der Waals surface area (Å²) in [6.45, 7) is 5.53. The van der Waals surface area contributed by atoms with Crippen LogP contribution in [-0.4, -0.2) is 46.2 Å². The summed E-state index contributed by atoms with van der Waals surface area (Å²) in [5, 5.41) is 3.87. The number of piperazine rings is 1. The summed E-state index contributed by atoms with van der Waals surface area (Å²) in [4.78, 5) is 32.6. The maximum Gasteiger partial charge on any atom is 0.314 e. The van der Waals surface area contributed by atoms with Crippen molar-refractivity contribution in [2.24, 2.45) is 0 Å². The molecule has 2 heterocycles. The molecule has 1 aliphatic rings. The molecule has 1 aliphatic heterocycles. The topological polar surface area (TPSA) is 84.2 Å². The van der Waals surface area contributed by atoms with Gasteiger partial charge in [0.25, 0.3) is 0 Å². The number of nitrogens with zero attached hydrogens (tertiary/aromatic N) is 2. The van der Waals surface area contributed by atoms with Crippen molar-refractivity contribution in [1.29, 1.82) is 0 Å². The number of hydrogen-bond donors (Lipinski definition) is 3. The van der Waals surface area contributed by atoms with Gasteiger partial charge in [-0.3, -0.25) is 9.59 Å². The zero-order valence-electron chi connectivity index (χ0n) is 15.8. The molecule has 0 saturated carbocycles. The number of thiocarbonyl (C=S) groups is 1. The zero-order valence-corrected chi connectivity index (χ0v) is 18.2.